The third-order valence-electron chi connectivity index (χ3n) is 3.09. The van der Waals surface area contributed by atoms with E-state index in [0.717, 1.165) is 12.8 Å². The number of carbonyl (C=O) groups is 1. The van der Waals surface area contributed by atoms with Gasteiger partial charge in [-0.15, -0.1) is 0 Å². The Morgan fingerprint density at radius 2 is 2.20 bits per heavy atom. The summed E-state index contributed by atoms with van der Waals surface area (Å²) in [4.78, 5) is 12.1. The van der Waals surface area contributed by atoms with E-state index in [1.165, 1.54) is 0 Å². The van der Waals surface area contributed by atoms with Crippen molar-refractivity contribution in [2.24, 2.45) is 0 Å². The molecule has 0 unspecified atom stereocenters. The van der Waals surface area contributed by atoms with Crippen LogP contribution in [0.3, 0.4) is 0 Å². The van der Waals surface area contributed by atoms with Gasteiger partial charge in [0.15, 0.2) is 0 Å². The molecule has 0 atom stereocenters. The molecule has 0 aliphatic carbocycles. The van der Waals surface area contributed by atoms with Crippen molar-refractivity contribution in [3.05, 3.63) is 34.3 Å². The van der Waals surface area contributed by atoms with Crippen LogP contribution in [0.1, 0.15) is 28.8 Å². The zero-order valence-corrected chi connectivity index (χ0v) is 11.7. The van der Waals surface area contributed by atoms with Crippen LogP contribution < -0.4 is 5.32 Å². The third-order valence-corrected chi connectivity index (χ3v) is 3.40. The first-order valence-electron chi connectivity index (χ1n) is 6.48. The number of aliphatic hydroxyl groups excluding tert-OH is 1. The van der Waals surface area contributed by atoms with Crippen molar-refractivity contribution in [3.8, 4) is 11.8 Å². The SMILES string of the molecule is O=C(NC1CCOCC1)c1ccc(C#CCO)c(Cl)c1. The van der Waals surface area contributed by atoms with Gasteiger partial charge in [0.25, 0.3) is 5.91 Å². The largest absolute Gasteiger partial charge is 0.384 e. The maximum absolute atomic E-state index is 12.1. The first kappa shape index (κ1) is 14.9. The van der Waals surface area contributed by atoms with E-state index in [9.17, 15) is 4.79 Å². The van der Waals surface area contributed by atoms with Gasteiger partial charge in [0.1, 0.15) is 6.61 Å². The van der Waals surface area contributed by atoms with Gasteiger partial charge < -0.3 is 15.2 Å². The van der Waals surface area contributed by atoms with Crippen molar-refractivity contribution in [1.82, 2.24) is 5.32 Å². The number of hydrogen-bond acceptors (Lipinski definition) is 3. The minimum absolute atomic E-state index is 0.138. The molecular formula is C15H16ClNO3. The molecule has 106 valence electrons. The quantitative estimate of drug-likeness (QED) is 0.814. The van der Waals surface area contributed by atoms with E-state index < -0.39 is 0 Å². The molecule has 1 aromatic rings. The lowest BCUT2D eigenvalue weighted by Crippen LogP contribution is -2.38. The zero-order chi connectivity index (χ0) is 14.4. The molecule has 0 aromatic heterocycles. The van der Waals surface area contributed by atoms with Crippen LogP contribution in [0.5, 0.6) is 0 Å². The summed E-state index contributed by atoms with van der Waals surface area (Å²) in [5, 5.41) is 12.0. The Kier molecular flexibility index (Phi) is 5.42. The molecule has 1 amide bonds. The lowest BCUT2D eigenvalue weighted by atomic mass is 10.1. The number of halogens is 1. The summed E-state index contributed by atoms with van der Waals surface area (Å²) >= 11 is 6.07. The van der Waals surface area contributed by atoms with Gasteiger partial charge in [0.2, 0.25) is 0 Å². The number of amides is 1. The number of benzene rings is 1. The highest BCUT2D eigenvalue weighted by Gasteiger charge is 2.17. The minimum atomic E-state index is -0.220. The fraction of sp³-hybridized carbons (Fsp3) is 0.400. The Morgan fingerprint density at radius 3 is 2.85 bits per heavy atom. The second kappa shape index (κ2) is 7.30. The highest BCUT2D eigenvalue weighted by Crippen LogP contribution is 2.17. The maximum atomic E-state index is 12.1. The summed E-state index contributed by atoms with van der Waals surface area (Å²) in [5.74, 6) is 5.12. The predicted molar refractivity (Wildman–Crippen MR) is 76.7 cm³/mol. The molecule has 0 bridgehead atoms. The lowest BCUT2D eigenvalue weighted by molar-refractivity contribution is 0.0696. The van der Waals surface area contributed by atoms with Crippen LogP contribution in [0, 0.1) is 11.8 Å². The van der Waals surface area contributed by atoms with Gasteiger partial charge in [-0.1, -0.05) is 23.4 Å². The Hall–Kier alpha value is -1.54. The van der Waals surface area contributed by atoms with Gasteiger partial charge in [0.05, 0.1) is 5.02 Å². The molecule has 0 saturated carbocycles. The van der Waals surface area contributed by atoms with Crippen LogP contribution in [-0.4, -0.2) is 36.9 Å². The molecule has 1 heterocycles. The highest BCUT2D eigenvalue weighted by atomic mass is 35.5. The summed E-state index contributed by atoms with van der Waals surface area (Å²) in [7, 11) is 0. The van der Waals surface area contributed by atoms with E-state index in [2.05, 4.69) is 17.2 Å². The van der Waals surface area contributed by atoms with Gasteiger partial charge in [-0.2, -0.15) is 0 Å². The summed E-state index contributed by atoms with van der Waals surface area (Å²) in [6.07, 6.45) is 1.67. The molecule has 0 spiro atoms. The number of nitrogens with one attached hydrogen (secondary N) is 1. The summed E-state index contributed by atoms with van der Waals surface area (Å²) in [6, 6.07) is 5.12. The summed E-state index contributed by atoms with van der Waals surface area (Å²) in [5.41, 5.74) is 1.11. The summed E-state index contributed by atoms with van der Waals surface area (Å²) < 4.78 is 5.25. The van der Waals surface area contributed by atoms with Crippen LogP contribution in [0.25, 0.3) is 0 Å². The average Bonchev–Trinajstić information content (AvgIpc) is 2.47. The topological polar surface area (TPSA) is 58.6 Å². The van der Waals surface area contributed by atoms with Crippen LogP contribution in [0.15, 0.2) is 18.2 Å². The van der Waals surface area contributed by atoms with Crippen molar-refractivity contribution in [2.75, 3.05) is 19.8 Å². The van der Waals surface area contributed by atoms with Crippen molar-refractivity contribution < 1.29 is 14.6 Å². The van der Waals surface area contributed by atoms with Crippen LogP contribution >= 0.6 is 11.6 Å². The van der Waals surface area contributed by atoms with E-state index in [4.69, 9.17) is 21.4 Å². The highest BCUT2D eigenvalue weighted by molar-refractivity contribution is 6.32. The van der Waals surface area contributed by atoms with Crippen molar-refractivity contribution >= 4 is 17.5 Å². The molecule has 5 heteroatoms. The number of hydrogen-bond donors (Lipinski definition) is 2. The molecule has 1 aliphatic rings. The lowest BCUT2D eigenvalue weighted by Gasteiger charge is -2.23. The van der Waals surface area contributed by atoms with Crippen LogP contribution in [0.4, 0.5) is 0 Å². The Bertz CT molecular complexity index is 542. The van der Waals surface area contributed by atoms with Gasteiger partial charge in [-0.05, 0) is 31.0 Å². The first-order chi connectivity index (χ1) is 9.70. The van der Waals surface area contributed by atoms with E-state index in [1.54, 1.807) is 18.2 Å². The number of carbonyl (C=O) groups excluding carboxylic acids is 1. The Balaban J connectivity index is 2.04. The summed E-state index contributed by atoms with van der Waals surface area (Å²) in [6.45, 7) is 1.14. The van der Waals surface area contributed by atoms with Crippen LogP contribution in [-0.2, 0) is 4.74 Å². The average molecular weight is 294 g/mol. The number of rotatable bonds is 2. The number of aliphatic hydroxyl groups is 1. The number of ether oxygens (including phenoxy) is 1. The fourth-order valence-corrected chi connectivity index (χ4v) is 2.23. The predicted octanol–water partition coefficient (Wildman–Crippen LogP) is 1.59. The zero-order valence-electron chi connectivity index (χ0n) is 11.0. The molecule has 1 fully saturated rings. The van der Waals surface area contributed by atoms with Crippen LogP contribution in [0.2, 0.25) is 5.02 Å². The molecule has 2 rings (SSSR count). The van der Waals surface area contributed by atoms with Gasteiger partial charge >= 0.3 is 0 Å². The van der Waals surface area contributed by atoms with E-state index in [-0.39, 0.29) is 18.6 Å². The molecule has 4 nitrogen and oxygen atoms in total. The molecule has 1 aromatic carbocycles. The van der Waals surface area contributed by atoms with Crippen molar-refractivity contribution in [1.29, 1.82) is 0 Å². The van der Waals surface area contributed by atoms with Crippen molar-refractivity contribution in [2.45, 2.75) is 18.9 Å². The van der Waals surface area contributed by atoms with E-state index in [0.29, 0.717) is 29.4 Å². The normalized spacial score (nSPS) is 15.3. The maximum Gasteiger partial charge on any atom is 0.251 e. The molecule has 1 aliphatic heterocycles. The standard InChI is InChI=1S/C15H16ClNO3/c16-14-10-12(4-3-11(14)2-1-7-18)15(19)17-13-5-8-20-9-6-13/h3-4,10,13,18H,5-9H2,(H,17,19). The molecule has 20 heavy (non-hydrogen) atoms. The third kappa shape index (κ3) is 3.97. The molecule has 2 N–H and O–H groups in total. The second-order valence-electron chi connectivity index (χ2n) is 4.51. The molecule has 1 saturated heterocycles. The molecular weight excluding hydrogens is 278 g/mol. The monoisotopic (exact) mass is 293 g/mol. The van der Waals surface area contributed by atoms with Gasteiger partial charge in [-0.3, -0.25) is 4.79 Å². The van der Waals surface area contributed by atoms with E-state index in [1.807, 2.05) is 0 Å². The fourth-order valence-electron chi connectivity index (χ4n) is 2.00. The Morgan fingerprint density at radius 1 is 1.45 bits per heavy atom. The molecule has 0 radical (unpaired) electrons. The minimum Gasteiger partial charge on any atom is -0.384 e. The smallest absolute Gasteiger partial charge is 0.251 e. The van der Waals surface area contributed by atoms with E-state index >= 15 is 0 Å². The first-order valence-corrected chi connectivity index (χ1v) is 6.86. The van der Waals surface area contributed by atoms with Crippen molar-refractivity contribution in [3.63, 3.8) is 0 Å². The van der Waals surface area contributed by atoms with Gasteiger partial charge in [0, 0.05) is 30.4 Å². The second-order valence-corrected chi connectivity index (χ2v) is 4.92. The van der Waals surface area contributed by atoms with Gasteiger partial charge in [-0.25, -0.2) is 0 Å². The Labute approximate surface area is 123 Å².